The van der Waals surface area contributed by atoms with Crippen molar-refractivity contribution < 1.29 is 27.1 Å². The van der Waals surface area contributed by atoms with Crippen molar-refractivity contribution in [2.45, 2.75) is 19.5 Å². The summed E-state index contributed by atoms with van der Waals surface area (Å²) in [6.07, 6.45) is -2.97. The van der Waals surface area contributed by atoms with Gasteiger partial charge in [0.15, 0.2) is 5.75 Å². The molecule has 2 heterocycles. The SMILES string of the molecule is Cc1c(Cc2ccco2)c(Oc2c(Cl)cc(C(F)(F)F)cc2Cl)nn1C(N)=O. The van der Waals surface area contributed by atoms with Crippen LogP contribution in [0.4, 0.5) is 18.0 Å². The molecule has 28 heavy (non-hydrogen) atoms. The molecule has 148 valence electrons. The Kier molecular flexibility index (Phi) is 5.31. The van der Waals surface area contributed by atoms with Crippen LogP contribution in [0.15, 0.2) is 34.9 Å². The number of carbonyl (C=O) groups excluding carboxylic acids is 1. The van der Waals surface area contributed by atoms with Crippen LogP contribution < -0.4 is 10.5 Å². The van der Waals surface area contributed by atoms with E-state index in [0.29, 0.717) is 29.2 Å². The maximum atomic E-state index is 12.9. The predicted molar refractivity (Wildman–Crippen MR) is 95.0 cm³/mol. The smallest absolute Gasteiger partial charge is 0.416 e. The highest BCUT2D eigenvalue weighted by Gasteiger charge is 2.32. The standard InChI is InChI=1S/C17H12Cl2F3N3O3/c1-8-11(7-10-3-2-4-27-10)15(24-25(8)16(23)26)28-14-12(18)5-9(6-13(14)19)17(20,21)22/h2-6H,7H2,1H3,(H2,23,26). The Hall–Kier alpha value is -2.65. The molecule has 0 fully saturated rings. The topological polar surface area (TPSA) is 83.3 Å². The molecule has 1 aromatic carbocycles. The Balaban J connectivity index is 2.05. The van der Waals surface area contributed by atoms with Crippen LogP contribution in [0.3, 0.4) is 0 Å². The molecule has 0 aliphatic rings. The number of primary amides is 1. The fourth-order valence-corrected chi connectivity index (χ4v) is 3.08. The minimum atomic E-state index is -4.62. The highest BCUT2D eigenvalue weighted by atomic mass is 35.5. The Morgan fingerprint density at radius 3 is 2.46 bits per heavy atom. The maximum Gasteiger partial charge on any atom is 0.416 e. The van der Waals surface area contributed by atoms with Crippen molar-refractivity contribution in [3.05, 3.63) is 63.2 Å². The minimum absolute atomic E-state index is 0.0868. The molecule has 0 spiro atoms. The zero-order valence-electron chi connectivity index (χ0n) is 14.2. The number of alkyl halides is 3. The molecule has 2 aromatic heterocycles. The third-order valence-electron chi connectivity index (χ3n) is 3.87. The fraction of sp³-hybridized carbons (Fsp3) is 0.176. The van der Waals surface area contributed by atoms with Gasteiger partial charge in [0.05, 0.1) is 27.6 Å². The van der Waals surface area contributed by atoms with E-state index in [1.165, 1.54) is 6.26 Å². The van der Waals surface area contributed by atoms with Gasteiger partial charge in [-0.05, 0) is 31.2 Å². The largest absolute Gasteiger partial charge is 0.469 e. The number of furan rings is 1. The second-order valence-electron chi connectivity index (χ2n) is 5.74. The average molecular weight is 434 g/mol. The summed E-state index contributed by atoms with van der Waals surface area (Å²) in [5.41, 5.74) is 5.08. The van der Waals surface area contributed by atoms with Gasteiger partial charge in [0, 0.05) is 12.0 Å². The molecule has 0 saturated heterocycles. The van der Waals surface area contributed by atoms with Crippen molar-refractivity contribution in [1.82, 2.24) is 9.78 Å². The molecule has 0 aliphatic carbocycles. The molecule has 0 bridgehead atoms. The molecule has 3 aromatic rings. The first kappa shape index (κ1) is 20.1. The van der Waals surface area contributed by atoms with Crippen molar-refractivity contribution >= 4 is 29.2 Å². The van der Waals surface area contributed by atoms with Gasteiger partial charge in [-0.3, -0.25) is 0 Å². The van der Waals surface area contributed by atoms with Crippen LogP contribution in [0, 0.1) is 6.92 Å². The van der Waals surface area contributed by atoms with Crippen LogP contribution in [0.2, 0.25) is 10.0 Å². The van der Waals surface area contributed by atoms with E-state index < -0.39 is 17.8 Å². The molecule has 1 amide bonds. The van der Waals surface area contributed by atoms with Gasteiger partial charge in [0.25, 0.3) is 0 Å². The van der Waals surface area contributed by atoms with E-state index in [1.807, 2.05) is 0 Å². The zero-order valence-corrected chi connectivity index (χ0v) is 15.7. The van der Waals surface area contributed by atoms with Gasteiger partial charge in [-0.15, -0.1) is 5.10 Å². The monoisotopic (exact) mass is 433 g/mol. The second kappa shape index (κ2) is 7.40. The molecular weight excluding hydrogens is 422 g/mol. The number of benzene rings is 1. The molecule has 0 unspecified atom stereocenters. The van der Waals surface area contributed by atoms with Crippen LogP contribution in [0.25, 0.3) is 0 Å². The predicted octanol–water partition coefficient (Wildman–Crippen LogP) is 5.42. The van der Waals surface area contributed by atoms with Gasteiger partial charge >= 0.3 is 12.2 Å². The summed E-state index contributed by atoms with van der Waals surface area (Å²) in [5, 5.41) is 3.25. The molecule has 0 aliphatic heterocycles. The summed E-state index contributed by atoms with van der Waals surface area (Å²) in [4.78, 5) is 11.6. The molecule has 0 atom stereocenters. The summed E-state index contributed by atoms with van der Waals surface area (Å²) < 4.78 is 50.4. The van der Waals surface area contributed by atoms with E-state index in [1.54, 1.807) is 19.1 Å². The molecule has 0 saturated carbocycles. The van der Waals surface area contributed by atoms with Crippen LogP contribution in [-0.2, 0) is 12.6 Å². The van der Waals surface area contributed by atoms with Gasteiger partial charge in [-0.25, -0.2) is 4.79 Å². The number of rotatable bonds is 4. The molecule has 0 radical (unpaired) electrons. The molecule has 3 rings (SSSR count). The van der Waals surface area contributed by atoms with Gasteiger partial charge in [0.1, 0.15) is 5.76 Å². The lowest BCUT2D eigenvalue weighted by Crippen LogP contribution is -2.22. The van der Waals surface area contributed by atoms with Gasteiger partial charge in [0.2, 0.25) is 5.88 Å². The lowest BCUT2D eigenvalue weighted by atomic mass is 10.1. The maximum absolute atomic E-state index is 12.9. The van der Waals surface area contributed by atoms with E-state index in [-0.39, 0.29) is 28.1 Å². The van der Waals surface area contributed by atoms with Crippen molar-refractivity contribution in [3.8, 4) is 11.6 Å². The van der Waals surface area contributed by atoms with E-state index >= 15 is 0 Å². The second-order valence-corrected chi connectivity index (χ2v) is 6.56. The van der Waals surface area contributed by atoms with Crippen molar-refractivity contribution in [2.24, 2.45) is 5.73 Å². The first-order valence-corrected chi connectivity index (χ1v) is 8.48. The van der Waals surface area contributed by atoms with Crippen molar-refractivity contribution in [2.75, 3.05) is 0 Å². The number of nitrogens with two attached hydrogens (primary N) is 1. The number of halogens is 5. The summed E-state index contributed by atoms with van der Waals surface area (Å²) in [6, 6.07) is 3.88. The van der Waals surface area contributed by atoms with E-state index in [2.05, 4.69) is 5.10 Å². The third-order valence-corrected chi connectivity index (χ3v) is 4.43. The number of nitrogens with zero attached hydrogens (tertiary/aromatic N) is 2. The van der Waals surface area contributed by atoms with Crippen molar-refractivity contribution in [3.63, 3.8) is 0 Å². The minimum Gasteiger partial charge on any atom is -0.469 e. The van der Waals surface area contributed by atoms with E-state index in [9.17, 15) is 18.0 Å². The number of ether oxygens (including phenoxy) is 1. The summed E-state index contributed by atoms with van der Waals surface area (Å²) in [7, 11) is 0. The molecule has 2 N–H and O–H groups in total. The number of aromatic nitrogens is 2. The highest BCUT2D eigenvalue weighted by molar-refractivity contribution is 6.37. The first-order valence-electron chi connectivity index (χ1n) is 7.72. The molecule has 6 nitrogen and oxygen atoms in total. The van der Waals surface area contributed by atoms with Crippen LogP contribution >= 0.6 is 23.2 Å². The molecular formula is C17H12Cl2F3N3O3. The summed E-state index contributed by atoms with van der Waals surface area (Å²) >= 11 is 11.9. The van der Waals surface area contributed by atoms with Crippen LogP contribution in [0.1, 0.15) is 22.6 Å². The number of amides is 1. The fourth-order valence-electron chi connectivity index (χ4n) is 2.51. The summed E-state index contributed by atoms with van der Waals surface area (Å²) in [5.74, 6) is 0.226. The number of carbonyl (C=O) groups is 1. The van der Waals surface area contributed by atoms with Crippen LogP contribution in [0.5, 0.6) is 11.6 Å². The number of hydrogen-bond acceptors (Lipinski definition) is 4. The first-order chi connectivity index (χ1) is 13.1. The lowest BCUT2D eigenvalue weighted by molar-refractivity contribution is -0.137. The lowest BCUT2D eigenvalue weighted by Gasteiger charge is -2.12. The third kappa shape index (κ3) is 3.95. The Morgan fingerprint density at radius 1 is 1.32 bits per heavy atom. The van der Waals surface area contributed by atoms with Crippen molar-refractivity contribution in [1.29, 1.82) is 0 Å². The van der Waals surface area contributed by atoms with Gasteiger partial charge in [-0.1, -0.05) is 23.2 Å². The highest BCUT2D eigenvalue weighted by Crippen LogP contribution is 2.42. The van der Waals surface area contributed by atoms with Gasteiger partial charge in [-0.2, -0.15) is 17.9 Å². The van der Waals surface area contributed by atoms with E-state index in [0.717, 1.165) is 4.68 Å². The Bertz CT molecular complexity index is 1010. The quantitative estimate of drug-likeness (QED) is 0.595. The Labute approximate surface area is 166 Å². The Morgan fingerprint density at radius 2 is 1.96 bits per heavy atom. The number of hydrogen-bond donors (Lipinski definition) is 1. The van der Waals surface area contributed by atoms with Gasteiger partial charge < -0.3 is 14.9 Å². The summed E-state index contributed by atoms with van der Waals surface area (Å²) in [6.45, 7) is 1.58. The average Bonchev–Trinajstić information content (AvgIpc) is 3.20. The van der Waals surface area contributed by atoms with Crippen LogP contribution in [-0.4, -0.2) is 15.8 Å². The zero-order chi connectivity index (χ0) is 20.6. The molecule has 11 heteroatoms. The van der Waals surface area contributed by atoms with E-state index in [4.69, 9.17) is 38.1 Å². The normalized spacial score (nSPS) is 11.6.